The molecule has 0 unspecified atom stereocenters. The molecule has 2 aromatic heterocycles. The molecule has 2 N–H and O–H groups in total. The van der Waals surface area contributed by atoms with Crippen LogP contribution in [0.15, 0.2) is 54.9 Å². The Labute approximate surface area is 146 Å². The molecular formula is C19H18N6. The van der Waals surface area contributed by atoms with Crippen LogP contribution in [0.1, 0.15) is 19.4 Å². The van der Waals surface area contributed by atoms with Crippen molar-refractivity contribution in [2.24, 2.45) is 0 Å². The second-order valence-corrected chi connectivity index (χ2v) is 5.81. The number of nitriles is 1. The Kier molecular flexibility index (Phi) is 4.86. The van der Waals surface area contributed by atoms with Gasteiger partial charge in [0.15, 0.2) is 0 Å². The maximum Gasteiger partial charge on any atom is 0.225 e. The molecule has 0 aliphatic rings. The third-order valence-corrected chi connectivity index (χ3v) is 3.38. The molecule has 0 aliphatic carbocycles. The third-order valence-electron chi connectivity index (χ3n) is 3.38. The van der Waals surface area contributed by atoms with Crippen LogP contribution in [0.3, 0.4) is 0 Å². The average Bonchev–Trinajstić information content (AvgIpc) is 2.62. The van der Waals surface area contributed by atoms with Crippen molar-refractivity contribution in [3.63, 3.8) is 0 Å². The number of nitrogens with zero attached hydrogens (tertiary/aromatic N) is 4. The molecule has 0 spiro atoms. The molecular weight excluding hydrogens is 312 g/mol. The van der Waals surface area contributed by atoms with Gasteiger partial charge in [-0.15, -0.1) is 0 Å². The lowest BCUT2D eigenvalue weighted by atomic mass is 10.2. The van der Waals surface area contributed by atoms with E-state index in [9.17, 15) is 0 Å². The van der Waals surface area contributed by atoms with Crippen LogP contribution < -0.4 is 10.6 Å². The van der Waals surface area contributed by atoms with Gasteiger partial charge < -0.3 is 10.6 Å². The molecule has 25 heavy (non-hydrogen) atoms. The smallest absolute Gasteiger partial charge is 0.225 e. The maximum absolute atomic E-state index is 9.04. The Morgan fingerprint density at radius 3 is 2.56 bits per heavy atom. The number of hydrogen-bond donors (Lipinski definition) is 2. The number of rotatable bonds is 5. The van der Waals surface area contributed by atoms with Gasteiger partial charge in [-0.3, -0.25) is 4.98 Å². The molecule has 3 rings (SSSR count). The van der Waals surface area contributed by atoms with E-state index >= 15 is 0 Å². The molecule has 6 heteroatoms. The summed E-state index contributed by atoms with van der Waals surface area (Å²) in [4.78, 5) is 13.1. The fraction of sp³-hybridized carbons (Fsp3) is 0.158. The van der Waals surface area contributed by atoms with Crippen molar-refractivity contribution < 1.29 is 0 Å². The van der Waals surface area contributed by atoms with Crippen LogP contribution in [0, 0.1) is 11.3 Å². The van der Waals surface area contributed by atoms with Crippen molar-refractivity contribution in [2.45, 2.75) is 19.9 Å². The van der Waals surface area contributed by atoms with Gasteiger partial charge in [0.05, 0.1) is 17.3 Å². The highest BCUT2D eigenvalue weighted by molar-refractivity contribution is 5.67. The summed E-state index contributed by atoms with van der Waals surface area (Å²) < 4.78 is 0. The van der Waals surface area contributed by atoms with Gasteiger partial charge in [0.1, 0.15) is 5.82 Å². The molecule has 0 radical (unpaired) electrons. The van der Waals surface area contributed by atoms with Gasteiger partial charge in [0, 0.05) is 35.8 Å². The first-order valence-electron chi connectivity index (χ1n) is 7.97. The zero-order valence-electron chi connectivity index (χ0n) is 14.1. The van der Waals surface area contributed by atoms with Gasteiger partial charge in [-0.1, -0.05) is 6.07 Å². The highest BCUT2D eigenvalue weighted by atomic mass is 15.2. The van der Waals surface area contributed by atoms with Crippen molar-refractivity contribution in [3.8, 4) is 17.3 Å². The molecule has 0 atom stereocenters. The monoisotopic (exact) mass is 330 g/mol. The number of hydrogen-bond acceptors (Lipinski definition) is 6. The molecule has 0 fully saturated rings. The standard InChI is InChI=1S/C19H18N6/c1-13(2)22-19-24-17(15-6-8-21-9-7-15)11-18(25-19)23-16-5-3-4-14(10-16)12-20/h3-11,13H,1-2H3,(H2,22,23,24,25). The van der Waals surface area contributed by atoms with Crippen LogP contribution >= 0.6 is 0 Å². The van der Waals surface area contributed by atoms with E-state index < -0.39 is 0 Å². The van der Waals surface area contributed by atoms with Gasteiger partial charge in [0.25, 0.3) is 0 Å². The Morgan fingerprint density at radius 2 is 1.84 bits per heavy atom. The molecule has 6 nitrogen and oxygen atoms in total. The van der Waals surface area contributed by atoms with Crippen molar-refractivity contribution in [3.05, 3.63) is 60.4 Å². The van der Waals surface area contributed by atoms with E-state index in [-0.39, 0.29) is 6.04 Å². The number of pyridine rings is 1. The van der Waals surface area contributed by atoms with Crippen LogP contribution in [0.25, 0.3) is 11.3 Å². The van der Waals surface area contributed by atoms with Gasteiger partial charge in [-0.25, -0.2) is 4.98 Å². The maximum atomic E-state index is 9.04. The van der Waals surface area contributed by atoms with E-state index in [0.717, 1.165) is 16.9 Å². The van der Waals surface area contributed by atoms with Crippen molar-refractivity contribution >= 4 is 17.5 Å². The fourth-order valence-corrected chi connectivity index (χ4v) is 2.32. The zero-order valence-corrected chi connectivity index (χ0v) is 14.1. The number of benzene rings is 1. The van der Waals surface area contributed by atoms with Crippen LogP contribution in [-0.2, 0) is 0 Å². The predicted octanol–water partition coefficient (Wildman–Crippen LogP) is 3.97. The van der Waals surface area contributed by atoms with Crippen LogP contribution in [0.4, 0.5) is 17.5 Å². The molecule has 0 amide bonds. The summed E-state index contributed by atoms with van der Waals surface area (Å²) in [6.07, 6.45) is 3.47. The normalized spacial score (nSPS) is 10.3. The third kappa shape index (κ3) is 4.30. The number of aromatic nitrogens is 3. The second-order valence-electron chi connectivity index (χ2n) is 5.81. The van der Waals surface area contributed by atoms with E-state index in [4.69, 9.17) is 5.26 Å². The topological polar surface area (TPSA) is 86.5 Å². The lowest BCUT2D eigenvalue weighted by Crippen LogP contribution is -2.13. The summed E-state index contributed by atoms with van der Waals surface area (Å²) in [6.45, 7) is 4.07. The van der Waals surface area contributed by atoms with E-state index in [1.54, 1.807) is 24.5 Å². The molecule has 0 bridgehead atoms. The Balaban J connectivity index is 1.98. The SMILES string of the molecule is CC(C)Nc1nc(Nc2cccc(C#N)c2)cc(-c2ccncc2)n1. The van der Waals surface area contributed by atoms with Crippen LogP contribution in [0.2, 0.25) is 0 Å². The van der Waals surface area contributed by atoms with Crippen LogP contribution in [0.5, 0.6) is 0 Å². The highest BCUT2D eigenvalue weighted by Crippen LogP contribution is 2.23. The summed E-state index contributed by atoms with van der Waals surface area (Å²) in [5.41, 5.74) is 3.14. The van der Waals surface area contributed by atoms with Gasteiger partial charge in [-0.05, 0) is 44.2 Å². The largest absolute Gasteiger partial charge is 0.352 e. The highest BCUT2D eigenvalue weighted by Gasteiger charge is 2.08. The minimum absolute atomic E-state index is 0.211. The minimum Gasteiger partial charge on any atom is -0.352 e. The Hall–Kier alpha value is -3.46. The molecule has 0 saturated carbocycles. The number of nitrogens with one attached hydrogen (secondary N) is 2. The zero-order chi connectivity index (χ0) is 17.6. The van der Waals surface area contributed by atoms with Crippen molar-refractivity contribution in [2.75, 3.05) is 10.6 Å². The quantitative estimate of drug-likeness (QED) is 0.736. The van der Waals surface area contributed by atoms with Gasteiger partial charge >= 0.3 is 0 Å². The predicted molar refractivity (Wildman–Crippen MR) is 98.5 cm³/mol. The fourth-order valence-electron chi connectivity index (χ4n) is 2.32. The molecule has 124 valence electrons. The van der Waals surface area contributed by atoms with Crippen molar-refractivity contribution in [1.29, 1.82) is 5.26 Å². The second kappa shape index (κ2) is 7.41. The first-order valence-corrected chi connectivity index (χ1v) is 7.97. The summed E-state index contributed by atoms with van der Waals surface area (Å²) in [6, 6.07) is 15.3. The van der Waals surface area contributed by atoms with Crippen molar-refractivity contribution in [1.82, 2.24) is 15.0 Å². The molecule has 0 aliphatic heterocycles. The molecule has 1 aromatic carbocycles. The average molecular weight is 330 g/mol. The summed E-state index contributed by atoms with van der Waals surface area (Å²) in [5.74, 6) is 1.20. The first kappa shape index (κ1) is 16.4. The lowest BCUT2D eigenvalue weighted by molar-refractivity contribution is 0.876. The summed E-state index contributed by atoms with van der Waals surface area (Å²) in [7, 11) is 0. The summed E-state index contributed by atoms with van der Waals surface area (Å²) >= 11 is 0. The molecule has 0 saturated heterocycles. The first-order chi connectivity index (χ1) is 12.1. The van der Waals surface area contributed by atoms with E-state index in [1.807, 2.05) is 44.2 Å². The molecule has 2 heterocycles. The summed E-state index contributed by atoms with van der Waals surface area (Å²) in [5, 5.41) is 15.5. The number of anilines is 3. The van der Waals surface area contributed by atoms with E-state index in [0.29, 0.717) is 17.3 Å². The minimum atomic E-state index is 0.211. The van der Waals surface area contributed by atoms with E-state index in [1.165, 1.54) is 0 Å². The Bertz CT molecular complexity index is 899. The van der Waals surface area contributed by atoms with E-state index in [2.05, 4.69) is 31.7 Å². The Morgan fingerprint density at radius 1 is 1.04 bits per heavy atom. The van der Waals surface area contributed by atoms with Crippen LogP contribution in [-0.4, -0.2) is 21.0 Å². The van der Waals surface area contributed by atoms with Gasteiger partial charge in [-0.2, -0.15) is 10.2 Å². The molecule has 3 aromatic rings. The van der Waals surface area contributed by atoms with Gasteiger partial charge in [0.2, 0.25) is 5.95 Å². The lowest BCUT2D eigenvalue weighted by Gasteiger charge is -2.13.